The van der Waals surface area contributed by atoms with Crippen molar-refractivity contribution in [2.45, 2.75) is 6.73 Å². The van der Waals surface area contributed by atoms with Gasteiger partial charge in [0.15, 0.2) is 5.52 Å². The van der Waals surface area contributed by atoms with E-state index < -0.39 is 11.2 Å². The molecule has 2 aromatic rings. The van der Waals surface area contributed by atoms with Crippen molar-refractivity contribution in [1.82, 2.24) is 19.5 Å². The minimum absolute atomic E-state index is 0.196. The van der Waals surface area contributed by atoms with Crippen LogP contribution in [-0.2, 0) is 11.5 Å². The Morgan fingerprint density at radius 3 is 3.00 bits per heavy atom. The first kappa shape index (κ1) is 8.70. The maximum absolute atomic E-state index is 11.2. The highest BCUT2D eigenvalue weighted by atomic mass is 16.5. The molecule has 74 valence electrons. The Bertz CT molecular complexity index is 564. The first-order chi connectivity index (χ1) is 6.72. The highest BCUT2D eigenvalue weighted by molar-refractivity contribution is 5.68. The van der Waals surface area contributed by atoms with E-state index in [1.54, 1.807) is 0 Å². The van der Waals surface area contributed by atoms with E-state index in [-0.39, 0.29) is 12.2 Å². The molecule has 0 aliphatic carbocycles. The van der Waals surface area contributed by atoms with Crippen LogP contribution in [0.2, 0.25) is 0 Å². The molecule has 0 aromatic carbocycles. The zero-order valence-electron chi connectivity index (χ0n) is 7.40. The summed E-state index contributed by atoms with van der Waals surface area (Å²) in [7, 11) is 1.51. The molecule has 14 heavy (non-hydrogen) atoms. The van der Waals surface area contributed by atoms with E-state index in [2.05, 4.69) is 15.0 Å². The summed E-state index contributed by atoms with van der Waals surface area (Å²) in [4.78, 5) is 30.6. The highest BCUT2D eigenvalue weighted by Crippen LogP contribution is 2.01. The Kier molecular flexibility index (Phi) is 1.93. The number of rotatable bonds is 2. The average Bonchev–Trinajstić information content (AvgIpc) is 2.49. The monoisotopic (exact) mass is 196 g/mol. The molecule has 0 unspecified atom stereocenters. The Morgan fingerprint density at radius 2 is 2.29 bits per heavy atom. The summed E-state index contributed by atoms with van der Waals surface area (Å²) in [5.74, 6) is 0. The molecule has 7 heteroatoms. The molecule has 0 atom stereocenters. The molecule has 0 saturated carbocycles. The number of methoxy groups -OCH3 is 1. The number of imidazole rings is 1. The smallest absolute Gasteiger partial charge is 0.327 e. The fraction of sp³-hybridized carbons (Fsp3) is 0.286. The number of hydrogen-bond acceptors (Lipinski definition) is 4. The number of aromatic amines is 2. The third-order valence-corrected chi connectivity index (χ3v) is 1.78. The number of nitrogens with zero attached hydrogens (tertiary/aromatic N) is 2. The lowest BCUT2D eigenvalue weighted by atomic mass is 10.5. The normalized spacial score (nSPS) is 10.9. The SMILES string of the molecule is COCn1cnc2c(=O)[nH]c(=O)[nH]c21. The van der Waals surface area contributed by atoms with Crippen LogP contribution in [-0.4, -0.2) is 26.6 Å². The van der Waals surface area contributed by atoms with Crippen molar-refractivity contribution in [1.29, 1.82) is 0 Å². The van der Waals surface area contributed by atoms with Crippen molar-refractivity contribution >= 4 is 11.2 Å². The van der Waals surface area contributed by atoms with Crippen molar-refractivity contribution < 1.29 is 4.74 Å². The number of aromatic nitrogens is 4. The minimum atomic E-state index is -0.555. The van der Waals surface area contributed by atoms with Gasteiger partial charge in [0.25, 0.3) is 5.56 Å². The Labute approximate surface area is 77.4 Å². The van der Waals surface area contributed by atoms with E-state index in [4.69, 9.17) is 4.74 Å². The number of H-pyrrole nitrogens is 2. The minimum Gasteiger partial charge on any atom is -0.364 e. The summed E-state index contributed by atoms with van der Waals surface area (Å²) in [5, 5.41) is 0. The van der Waals surface area contributed by atoms with E-state index in [1.807, 2.05) is 0 Å². The molecule has 2 N–H and O–H groups in total. The van der Waals surface area contributed by atoms with E-state index in [9.17, 15) is 9.59 Å². The molecule has 0 aliphatic rings. The van der Waals surface area contributed by atoms with Crippen LogP contribution in [0.15, 0.2) is 15.9 Å². The van der Waals surface area contributed by atoms with Crippen LogP contribution in [0.1, 0.15) is 0 Å². The van der Waals surface area contributed by atoms with Gasteiger partial charge in [-0.1, -0.05) is 0 Å². The summed E-state index contributed by atoms with van der Waals surface area (Å²) in [6, 6.07) is 0. The number of hydrogen-bond donors (Lipinski definition) is 2. The van der Waals surface area contributed by atoms with Crippen LogP contribution in [0, 0.1) is 0 Å². The van der Waals surface area contributed by atoms with E-state index in [0.717, 1.165) is 0 Å². The van der Waals surface area contributed by atoms with Gasteiger partial charge < -0.3 is 4.74 Å². The lowest BCUT2D eigenvalue weighted by Crippen LogP contribution is -2.22. The standard InChI is InChI=1S/C7H8N4O3/c1-14-3-11-2-8-4-5(11)9-7(13)10-6(4)12/h2H,3H2,1H3,(H2,9,10,12,13). The lowest BCUT2D eigenvalue weighted by molar-refractivity contribution is 0.134. The highest BCUT2D eigenvalue weighted by Gasteiger charge is 2.06. The Hall–Kier alpha value is -1.89. The number of ether oxygens (including phenoxy) is 1. The zero-order chi connectivity index (χ0) is 10.1. The molecular weight excluding hydrogens is 188 g/mol. The van der Waals surface area contributed by atoms with Crippen molar-refractivity contribution in [2.24, 2.45) is 0 Å². The van der Waals surface area contributed by atoms with Gasteiger partial charge in [-0.05, 0) is 0 Å². The van der Waals surface area contributed by atoms with E-state index >= 15 is 0 Å². The van der Waals surface area contributed by atoms with Crippen molar-refractivity contribution in [3.05, 3.63) is 27.2 Å². The maximum Gasteiger partial charge on any atom is 0.327 e. The first-order valence-corrected chi connectivity index (χ1v) is 3.89. The fourth-order valence-corrected chi connectivity index (χ4v) is 1.22. The van der Waals surface area contributed by atoms with Crippen LogP contribution in [0.4, 0.5) is 0 Å². The van der Waals surface area contributed by atoms with Gasteiger partial charge in [0.1, 0.15) is 12.4 Å². The molecule has 7 nitrogen and oxygen atoms in total. The van der Waals surface area contributed by atoms with Crippen molar-refractivity contribution in [2.75, 3.05) is 7.11 Å². The Morgan fingerprint density at radius 1 is 1.50 bits per heavy atom. The van der Waals surface area contributed by atoms with Gasteiger partial charge in [0, 0.05) is 7.11 Å². The second-order valence-electron chi connectivity index (χ2n) is 2.74. The van der Waals surface area contributed by atoms with Gasteiger partial charge in [-0.3, -0.25) is 19.3 Å². The second kappa shape index (κ2) is 3.11. The molecular formula is C7H8N4O3. The summed E-state index contributed by atoms with van der Waals surface area (Å²) in [5.41, 5.74) is -0.499. The largest absolute Gasteiger partial charge is 0.364 e. The molecule has 2 aromatic heterocycles. The lowest BCUT2D eigenvalue weighted by Gasteiger charge is -1.99. The molecule has 0 fully saturated rings. The van der Waals surface area contributed by atoms with E-state index in [1.165, 1.54) is 18.0 Å². The molecule has 0 bridgehead atoms. The van der Waals surface area contributed by atoms with Crippen LogP contribution in [0.3, 0.4) is 0 Å². The quantitative estimate of drug-likeness (QED) is 0.645. The molecule has 0 amide bonds. The van der Waals surface area contributed by atoms with Gasteiger partial charge in [-0.2, -0.15) is 0 Å². The topological polar surface area (TPSA) is 92.8 Å². The van der Waals surface area contributed by atoms with Crippen molar-refractivity contribution in [3.63, 3.8) is 0 Å². The summed E-state index contributed by atoms with van der Waals surface area (Å²) in [6.45, 7) is 0.232. The molecule has 0 spiro atoms. The van der Waals surface area contributed by atoms with Gasteiger partial charge in [0.2, 0.25) is 0 Å². The van der Waals surface area contributed by atoms with Gasteiger partial charge >= 0.3 is 5.69 Å². The van der Waals surface area contributed by atoms with Crippen LogP contribution >= 0.6 is 0 Å². The second-order valence-corrected chi connectivity index (χ2v) is 2.74. The maximum atomic E-state index is 11.2. The molecule has 2 heterocycles. The number of fused-ring (bicyclic) bond motifs is 1. The van der Waals surface area contributed by atoms with Crippen LogP contribution in [0.5, 0.6) is 0 Å². The average molecular weight is 196 g/mol. The first-order valence-electron chi connectivity index (χ1n) is 3.89. The Balaban J connectivity index is 2.79. The summed E-state index contributed by atoms with van der Waals surface area (Å²) >= 11 is 0. The molecule has 2 rings (SSSR count). The van der Waals surface area contributed by atoms with Crippen molar-refractivity contribution in [3.8, 4) is 0 Å². The summed E-state index contributed by atoms with van der Waals surface area (Å²) in [6.07, 6.45) is 1.43. The van der Waals surface area contributed by atoms with E-state index in [0.29, 0.717) is 5.65 Å². The predicted molar refractivity (Wildman–Crippen MR) is 48.0 cm³/mol. The van der Waals surface area contributed by atoms with Crippen LogP contribution in [0.25, 0.3) is 11.2 Å². The van der Waals surface area contributed by atoms with Gasteiger partial charge in [-0.15, -0.1) is 0 Å². The predicted octanol–water partition coefficient (Wildman–Crippen LogP) is -0.983. The molecule has 0 aliphatic heterocycles. The van der Waals surface area contributed by atoms with Gasteiger partial charge in [0.05, 0.1) is 6.33 Å². The van der Waals surface area contributed by atoms with Gasteiger partial charge in [-0.25, -0.2) is 9.78 Å². The summed E-state index contributed by atoms with van der Waals surface area (Å²) < 4.78 is 6.40. The third-order valence-electron chi connectivity index (χ3n) is 1.78. The number of nitrogens with one attached hydrogen (secondary N) is 2. The van der Waals surface area contributed by atoms with Crippen LogP contribution < -0.4 is 11.2 Å². The molecule has 0 saturated heterocycles. The zero-order valence-corrected chi connectivity index (χ0v) is 7.40. The third kappa shape index (κ3) is 1.23. The fourth-order valence-electron chi connectivity index (χ4n) is 1.22. The molecule has 0 radical (unpaired) electrons.